The molecule has 13 heteroatoms. The first-order valence-electron chi connectivity index (χ1n) is 13.9. The fourth-order valence-corrected chi connectivity index (χ4v) is 5.58. The number of rotatable bonds is 7. The molecule has 3 aromatic carbocycles. The van der Waals surface area contributed by atoms with Gasteiger partial charge in [0, 0.05) is 25.2 Å². The number of nitrogens with zero attached hydrogens (tertiary/aromatic N) is 3. The van der Waals surface area contributed by atoms with Gasteiger partial charge in [-0.05, 0) is 79.4 Å². The van der Waals surface area contributed by atoms with E-state index in [0.29, 0.717) is 33.8 Å². The van der Waals surface area contributed by atoms with Crippen LogP contribution in [0.2, 0.25) is 0 Å². The van der Waals surface area contributed by atoms with Crippen molar-refractivity contribution < 1.29 is 45.9 Å². The standard InChI is InChI=1S/C32H28F5N3O5/c1-31(2)29(43)40(24-10-11-26(34)25(15-24)32(35,36)37)30(44)39(31)17-19-6-7-22(33)13-20(19)12-18-4-8-23(9-5-18)38-16-21(14-27(38)41)28(42)45-3/h4-11,13,15,21H,12,14,16-17H2,1-3H3. The van der Waals surface area contributed by atoms with E-state index in [9.17, 15) is 41.1 Å². The van der Waals surface area contributed by atoms with Crippen molar-refractivity contribution in [3.8, 4) is 0 Å². The second kappa shape index (κ2) is 11.6. The van der Waals surface area contributed by atoms with E-state index in [0.717, 1.165) is 11.6 Å². The van der Waals surface area contributed by atoms with Gasteiger partial charge in [0.25, 0.3) is 5.91 Å². The Balaban J connectivity index is 1.38. The third kappa shape index (κ3) is 5.98. The summed E-state index contributed by atoms with van der Waals surface area (Å²) in [5.74, 6) is -4.14. The Hall–Kier alpha value is -4.81. The number of halogens is 5. The van der Waals surface area contributed by atoms with Crippen molar-refractivity contribution in [3.63, 3.8) is 0 Å². The van der Waals surface area contributed by atoms with Crippen LogP contribution in [0, 0.1) is 17.6 Å². The van der Waals surface area contributed by atoms with E-state index < -0.39 is 58.4 Å². The number of hydrogen-bond acceptors (Lipinski definition) is 5. The highest BCUT2D eigenvalue weighted by Gasteiger charge is 2.52. The lowest BCUT2D eigenvalue weighted by Gasteiger charge is -2.28. The zero-order chi connectivity index (χ0) is 32.8. The molecule has 1 atom stereocenters. The molecule has 0 saturated carbocycles. The van der Waals surface area contributed by atoms with Crippen molar-refractivity contribution >= 4 is 35.2 Å². The Kier molecular flexibility index (Phi) is 8.15. The first-order valence-corrected chi connectivity index (χ1v) is 13.9. The van der Waals surface area contributed by atoms with Crippen LogP contribution in [0.4, 0.5) is 38.1 Å². The summed E-state index contributed by atoms with van der Waals surface area (Å²) in [6.07, 6.45) is -4.80. The van der Waals surface area contributed by atoms with Crippen LogP contribution in [0.15, 0.2) is 60.7 Å². The summed E-state index contributed by atoms with van der Waals surface area (Å²) in [5.41, 5.74) is -1.25. The fraction of sp³-hybridized carbons (Fsp3) is 0.312. The maximum Gasteiger partial charge on any atom is 0.419 e. The quantitative estimate of drug-likeness (QED) is 0.186. The van der Waals surface area contributed by atoms with E-state index in [1.54, 1.807) is 24.3 Å². The monoisotopic (exact) mass is 629 g/mol. The van der Waals surface area contributed by atoms with Crippen LogP contribution in [-0.2, 0) is 38.3 Å². The number of carbonyl (C=O) groups excluding carboxylic acids is 4. The highest BCUT2D eigenvalue weighted by Crippen LogP contribution is 2.38. The van der Waals surface area contributed by atoms with Crippen molar-refractivity contribution in [2.75, 3.05) is 23.5 Å². The minimum atomic E-state index is -5.04. The van der Waals surface area contributed by atoms with Crippen molar-refractivity contribution in [2.24, 2.45) is 5.92 Å². The Labute approximate surface area is 255 Å². The van der Waals surface area contributed by atoms with E-state index in [4.69, 9.17) is 4.74 Å². The molecule has 2 aliphatic rings. The Morgan fingerprint density at radius 2 is 1.60 bits per heavy atom. The van der Waals surface area contributed by atoms with E-state index >= 15 is 0 Å². The van der Waals surface area contributed by atoms with E-state index in [1.807, 2.05) is 0 Å². The molecule has 2 heterocycles. The van der Waals surface area contributed by atoms with E-state index in [1.165, 1.54) is 49.0 Å². The predicted octanol–water partition coefficient (Wildman–Crippen LogP) is 5.85. The summed E-state index contributed by atoms with van der Waals surface area (Å²) in [7, 11) is 1.26. The van der Waals surface area contributed by atoms with Gasteiger partial charge in [-0.15, -0.1) is 0 Å². The molecule has 236 valence electrons. The van der Waals surface area contributed by atoms with Crippen molar-refractivity contribution in [1.29, 1.82) is 0 Å². The lowest BCUT2D eigenvalue weighted by atomic mass is 9.97. The zero-order valence-corrected chi connectivity index (χ0v) is 24.5. The molecule has 4 amide bonds. The number of amides is 4. The normalized spacial score (nSPS) is 18.3. The van der Waals surface area contributed by atoms with Crippen LogP contribution in [0.5, 0.6) is 0 Å². The number of ether oxygens (including phenoxy) is 1. The summed E-state index contributed by atoms with van der Waals surface area (Å²) in [6.45, 7) is 2.89. The average molecular weight is 630 g/mol. The van der Waals surface area contributed by atoms with Crippen LogP contribution < -0.4 is 9.80 Å². The van der Waals surface area contributed by atoms with Gasteiger partial charge in [0.1, 0.15) is 17.2 Å². The van der Waals surface area contributed by atoms with Crippen LogP contribution in [0.3, 0.4) is 0 Å². The number of carbonyl (C=O) groups is 4. The van der Waals surface area contributed by atoms with E-state index in [-0.39, 0.29) is 31.8 Å². The average Bonchev–Trinajstić information content (AvgIpc) is 3.44. The van der Waals surface area contributed by atoms with Gasteiger partial charge in [-0.25, -0.2) is 18.5 Å². The molecule has 5 rings (SSSR count). The summed E-state index contributed by atoms with van der Waals surface area (Å²) in [6, 6.07) is 11.8. The van der Waals surface area contributed by atoms with Gasteiger partial charge in [-0.2, -0.15) is 13.2 Å². The number of anilines is 2. The molecule has 0 bridgehead atoms. The first-order chi connectivity index (χ1) is 21.1. The molecular weight excluding hydrogens is 601 g/mol. The van der Waals surface area contributed by atoms with Crippen molar-refractivity contribution in [1.82, 2.24) is 4.90 Å². The molecule has 1 unspecified atom stereocenters. The Bertz CT molecular complexity index is 1690. The summed E-state index contributed by atoms with van der Waals surface area (Å²) in [4.78, 5) is 54.4. The Morgan fingerprint density at radius 3 is 2.24 bits per heavy atom. The minimum absolute atomic E-state index is 0.0389. The molecule has 0 N–H and O–H groups in total. The molecule has 0 aromatic heterocycles. The molecule has 3 aromatic rings. The zero-order valence-electron chi connectivity index (χ0n) is 24.5. The van der Waals surface area contributed by atoms with Crippen LogP contribution in [0.25, 0.3) is 0 Å². The van der Waals surface area contributed by atoms with Crippen LogP contribution in [0.1, 0.15) is 42.5 Å². The van der Waals surface area contributed by atoms with Gasteiger partial charge in [-0.1, -0.05) is 18.2 Å². The van der Waals surface area contributed by atoms with Gasteiger partial charge >= 0.3 is 18.2 Å². The second-order valence-corrected chi connectivity index (χ2v) is 11.4. The smallest absolute Gasteiger partial charge is 0.419 e. The molecular formula is C32H28F5N3O5. The molecule has 0 radical (unpaired) electrons. The molecule has 2 fully saturated rings. The molecule has 8 nitrogen and oxygen atoms in total. The summed E-state index contributed by atoms with van der Waals surface area (Å²) in [5, 5.41) is 0. The number of hydrogen-bond donors (Lipinski definition) is 0. The maximum atomic E-state index is 14.4. The minimum Gasteiger partial charge on any atom is -0.469 e. The number of urea groups is 1. The fourth-order valence-electron chi connectivity index (χ4n) is 5.58. The lowest BCUT2D eigenvalue weighted by molar-refractivity contribution is -0.145. The molecule has 45 heavy (non-hydrogen) atoms. The van der Waals surface area contributed by atoms with Gasteiger partial charge in [0.05, 0.1) is 24.3 Å². The SMILES string of the molecule is COC(=O)C1CC(=O)N(c2ccc(Cc3cc(F)ccc3CN3C(=O)N(c4ccc(F)c(C(F)(F)F)c4)C(=O)C3(C)C)cc2)C1. The third-order valence-corrected chi connectivity index (χ3v) is 8.14. The van der Waals surface area contributed by atoms with Crippen molar-refractivity contribution in [3.05, 3.63) is 94.6 Å². The molecule has 2 saturated heterocycles. The highest BCUT2D eigenvalue weighted by molar-refractivity contribution is 6.23. The van der Waals surface area contributed by atoms with Crippen LogP contribution >= 0.6 is 0 Å². The largest absolute Gasteiger partial charge is 0.469 e. The molecule has 0 aliphatic carbocycles. The number of esters is 1. The van der Waals surface area contributed by atoms with Gasteiger partial charge in [-0.3, -0.25) is 14.4 Å². The topological polar surface area (TPSA) is 87.2 Å². The first kappa shape index (κ1) is 31.6. The second-order valence-electron chi connectivity index (χ2n) is 11.4. The van der Waals surface area contributed by atoms with Gasteiger partial charge in [0.2, 0.25) is 5.91 Å². The number of alkyl halides is 3. The third-order valence-electron chi connectivity index (χ3n) is 8.14. The number of benzene rings is 3. The van der Waals surface area contributed by atoms with Gasteiger partial charge < -0.3 is 14.5 Å². The predicted molar refractivity (Wildman–Crippen MR) is 152 cm³/mol. The molecule has 2 aliphatic heterocycles. The Morgan fingerprint density at radius 1 is 0.933 bits per heavy atom. The number of methoxy groups -OCH3 is 1. The van der Waals surface area contributed by atoms with E-state index in [2.05, 4.69) is 0 Å². The van der Waals surface area contributed by atoms with Crippen LogP contribution in [-0.4, -0.2) is 47.9 Å². The lowest BCUT2D eigenvalue weighted by Crippen LogP contribution is -2.43. The highest BCUT2D eigenvalue weighted by atomic mass is 19.4. The summed E-state index contributed by atoms with van der Waals surface area (Å²) < 4.78 is 73.1. The molecule has 0 spiro atoms. The summed E-state index contributed by atoms with van der Waals surface area (Å²) >= 11 is 0. The number of imide groups is 1. The van der Waals surface area contributed by atoms with Gasteiger partial charge in [0.15, 0.2) is 0 Å². The maximum absolute atomic E-state index is 14.4. The van der Waals surface area contributed by atoms with Crippen molar-refractivity contribution in [2.45, 2.75) is 44.9 Å².